The SMILES string of the molecule is Cc1c(-c2cc(N3C(=O)[C@@H]4C[C@@H]5C(=CC[C@@H]6C(=O)N(CCc7ccc(O)cc7)C(=O)[C@@H]65)[C@H](c5ccc(O)cc5Cl)[C@]4(C)C3=O)n(C)n2)sc2ccc(Cl)cc12. The molecule has 2 aliphatic carbocycles. The molecule has 9 rings (SSSR count). The quantitative estimate of drug-likeness (QED) is 0.132. The van der Waals surface area contributed by atoms with Crippen molar-refractivity contribution in [3.63, 3.8) is 0 Å². The van der Waals surface area contributed by atoms with Crippen molar-refractivity contribution in [3.8, 4) is 22.1 Å². The van der Waals surface area contributed by atoms with E-state index in [1.54, 1.807) is 66.4 Å². The van der Waals surface area contributed by atoms with Gasteiger partial charge in [0.1, 0.15) is 23.0 Å². The smallest absolute Gasteiger partial charge is 0.242 e. The van der Waals surface area contributed by atoms with Gasteiger partial charge in [0.05, 0.1) is 28.0 Å². The van der Waals surface area contributed by atoms with Crippen LogP contribution < -0.4 is 4.90 Å². The number of amides is 4. The van der Waals surface area contributed by atoms with Crippen LogP contribution >= 0.6 is 34.5 Å². The van der Waals surface area contributed by atoms with E-state index in [2.05, 4.69) is 0 Å². The van der Waals surface area contributed by atoms with Gasteiger partial charge in [0.25, 0.3) is 0 Å². The molecule has 1 saturated carbocycles. The number of phenolic OH excluding ortho intramolecular Hbond substituents is 2. The van der Waals surface area contributed by atoms with Gasteiger partial charge in [0.15, 0.2) is 0 Å². The molecule has 0 spiro atoms. The lowest BCUT2D eigenvalue weighted by molar-refractivity contribution is -0.140. The summed E-state index contributed by atoms with van der Waals surface area (Å²) < 4.78 is 2.59. The van der Waals surface area contributed by atoms with Crippen LogP contribution in [-0.2, 0) is 32.6 Å². The number of phenols is 2. The number of imide groups is 2. The number of thiophene rings is 1. The molecule has 55 heavy (non-hydrogen) atoms. The van der Waals surface area contributed by atoms with Crippen molar-refractivity contribution in [3.05, 3.63) is 105 Å². The summed E-state index contributed by atoms with van der Waals surface area (Å²) in [6.07, 6.45) is 2.91. The van der Waals surface area contributed by atoms with Gasteiger partial charge < -0.3 is 10.2 Å². The first-order chi connectivity index (χ1) is 26.3. The predicted octanol–water partition coefficient (Wildman–Crippen LogP) is 7.80. The van der Waals surface area contributed by atoms with Crippen molar-refractivity contribution in [2.24, 2.45) is 36.1 Å². The second-order valence-corrected chi connectivity index (χ2v) is 17.2. The molecule has 2 aromatic heterocycles. The molecule has 2 saturated heterocycles. The predicted molar refractivity (Wildman–Crippen MR) is 210 cm³/mol. The van der Waals surface area contributed by atoms with Gasteiger partial charge in [-0.25, -0.2) is 4.90 Å². The molecule has 0 unspecified atom stereocenters. The van der Waals surface area contributed by atoms with E-state index < -0.39 is 46.8 Å². The first kappa shape index (κ1) is 35.7. The van der Waals surface area contributed by atoms with Crippen molar-refractivity contribution in [1.29, 1.82) is 0 Å². The van der Waals surface area contributed by atoms with Gasteiger partial charge in [-0.2, -0.15) is 5.10 Å². The number of hydrogen-bond acceptors (Lipinski definition) is 8. The Morgan fingerprint density at radius 1 is 0.909 bits per heavy atom. The van der Waals surface area contributed by atoms with E-state index >= 15 is 4.79 Å². The monoisotopic (exact) mass is 794 g/mol. The van der Waals surface area contributed by atoms with Crippen LogP contribution in [0.25, 0.3) is 20.7 Å². The maximum Gasteiger partial charge on any atom is 0.242 e. The maximum atomic E-state index is 15.1. The van der Waals surface area contributed by atoms with Gasteiger partial charge in [0.2, 0.25) is 23.6 Å². The Bertz CT molecular complexity index is 2530. The molecule has 6 atom stereocenters. The Morgan fingerprint density at radius 2 is 1.65 bits per heavy atom. The lowest BCUT2D eigenvalue weighted by Gasteiger charge is -2.49. The molecule has 10 nitrogen and oxygen atoms in total. The van der Waals surface area contributed by atoms with Crippen LogP contribution in [0, 0.1) is 36.0 Å². The highest BCUT2D eigenvalue weighted by Gasteiger charge is 2.68. The summed E-state index contributed by atoms with van der Waals surface area (Å²) in [7, 11) is 1.71. The van der Waals surface area contributed by atoms with Gasteiger partial charge in [0, 0.05) is 40.3 Å². The molecular formula is C42H36Cl2N4O6S. The van der Waals surface area contributed by atoms with Crippen LogP contribution in [0.4, 0.5) is 5.82 Å². The number of allylic oxidation sites excluding steroid dienone is 2. The molecule has 280 valence electrons. The second kappa shape index (κ2) is 12.8. The largest absolute Gasteiger partial charge is 0.508 e. The van der Waals surface area contributed by atoms with Crippen molar-refractivity contribution >= 4 is 74.1 Å². The number of likely N-dealkylation sites (tertiary alicyclic amines) is 1. The standard InChI is InChI=1S/C42H36Cl2N4O6S/c1-20-28-16-22(43)6-13-33(28)55-37(20)32-19-34(46(3)45-32)48-39(52)30-18-29-25(36(42(30,2)41(48)54)26-10-9-24(50)17-31(26)44)11-12-27-35(29)40(53)47(38(27)51)15-14-21-4-7-23(49)8-5-21/h4-11,13,16-17,19,27,29-30,35-36,49-50H,12,14-15,18H2,1-3H3/t27-,29+,30-,35-,36+,42+/m0/s1. The number of hydrogen-bond donors (Lipinski definition) is 2. The summed E-state index contributed by atoms with van der Waals surface area (Å²) >= 11 is 14.7. The molecule has 0 bridgehead atoms. The molecule has 4 aliphatic rings. The van der Waals surface area contributed by atoms with Gasteiger partial charge in [-0.15, -0.1) is 11.3 Å². The summed E-state index contributed by atoms with van der Waals surface area (Å²) in [6, 6.07) is 18.8. The van der Waals surface area contributed by atoms with E-state index in [9.17, 15) is 24.6 Å². The molecular weight excluding hydrogens is 759 g/mol. The zero-order valence-electron chi connectivity index (χ0n) is 30.1. The molecule has 3 fully saturated rings. The Labute approximate surface area is 330 Å². The number of carbonyl (C=O) groups is 4. The third-order valence-corrected chi connectivity index (χ3v) is 14.3. The first-order valence-corrected chi connectivity index (χ1v) is 19.8. The normalized spacial score (nSPS) is 26.1. The molecule has 13 heteroatoms. The number of aryl methyl sites for hydroxylation is 2. The molecule has 4 heterocycles. The maximum absolute atomic E-state index is 15.1. The van der Waals surface area contributed by atoms with Crippen molar-refractivity contribution in [1.82, 2.24) is 14.7 Å². The fourth-order valence-corrected chi connectivity index (χ4v) is 11.3. The highest BCUT2D eigenvalue weighted by atomic mass is 35.5. The number of fused-ring (bicyclic) bond motifs is 5. The molecule has 5 aromatic rings. The van der Waals surface area contributed by atoms with Crippen molar-refractivity contribution in [2.45, 2.75) is 39.0 Å². The number of carbonyl (C=O) groups excluding carboxylic acids is 4. The number of rotatable bonds is 6. The minimum absolute atomic E-state index is 0.0435. The Balaban J connectivity index is 1.11. The van der Waals surface area contributed by atoms with E-state index in [-0.39, 0.29) is 41.3 Å². The zero-order chi connectivity index (χ0) is 38.7. The van der Waals surface area contributed by atoms with Gasteiger partial charge in [-0.05, 0) is 104 Å². The highest BCUT2D eigenvalue weighted by Crippen LogP contribution is 2.64. The van der Waals surface area contributed by atoms with Crippen LogP contribution in [0.3, 0.4) is 0 Å². The Hall–Kier alpha value is -4.97. The number of halogens is 2. The molecule has 4 amide bonds. The Kier molecular flexibility index (Phi) is 8.31. The average molecular weight is 796 g/mol. The third kappa shape index (κ3) is 5.30. The second-order valence-electron chi connectivity index (χ2n) is 15.3. The first-order valence-electron chi connectivity index (χ1n) is 18.2. The van der Waals surface area contributed by atoms with Crippen molar-refractivity contribution < 1.29 is 29.4 Å². The van der Waals surface area contributed by atoms with Crippen LogP contribution in [0.2, 0.25) is 10.0 Å². The zero-order valence-corrected chi connectivity index (χ0v) is 32.5. The lowest BCUT2D eigenvalue weighted by atomic mass is 9.51. The number of aromatic nitrogens is 2. The minimum Gasteiger partial charge on any atom is -0.508 e. The number of nitrogens with zero attached hydrogens (tertiary/aromatic N) is 4. The van der Waals surface area contributed by atoms with Gasteiger partial charge in [-0.1, -0.05) is 53.1 Å². The van der Waals surface area contributed by atoms with Crippen LogP contribution in [0.15, 0.2) is 78.4 Å². The molecule has 3 aromatic carbocycles. The average Bonchev–Trinajstić information content (AvgIpc) is 3.82. The Morgan fingerprint density at radius 3 is 2.40 bits per heavy atom. The van der Waals surface area contributed by atoms with E-state index in [1.165, 1.54) is 21.9 Å². The van der Waals surface area contributed by atoms with E-state index in [0.717, 1.165) is 31.7 Å². The van der Waals surface area contributed by atoms with Crippen LogP contribution in [-0.4, -0.2) is 55.1 Å². The van der Waals surface area contributed by atoms with Crippen molar-refractivity contribution in [2.75, 3.05) is 11.4 Å². The lowest BCUT2D eigenvalue weighted by Crippen LogP contribution is -2.49. The molecule has 0 radical (unpaired) electrons. The summed E-state index contributed by atoms with van der Waals surface area (Å²) in [5, 5.41) is 26.7. The summed E-state index contributed by atoms with van der Waals surface area (Å²) in [4.78, 5) is 61.6. The summed E-state index contributed by atoms with van der Waals surface area (Å²) in [5.74, 6) is -4.29. The fourth-order valence-electron chi connectivity index (χ4n) is 9.73. The highest BCUT2D eigenvalue weighted by molar-refractivity contribution is 7.22. The van der Waals surface area contributed by atoms with E-state index in [0.29, 0.717) is 34.9 Å². The van der Waals surface area contributed by atoms with Gasteiger partial charge in [-0.3, -0.25) is 28.8 Å². The number of benzene rings is 3. The van der Waals surface area contributed by atoms with E-state index in [1.807, 2.05) is 31.2 Å². The summed E-state index contributed by atoms with van der Waals surface area (Å²) in [5.41, 5.74) is 2.55. The molecule has 2 N–H and O–H groups in total. The van der Waals surface area contributed by atoms with E-state index in [4.69, 9.17) is 28.3 Å². The summed E-state index contributed by atoms with van der Waals surface area (Å²) in [6.45, 7) is 3.99. The molecule has 2 aliphatic heterocycles. The van der Waals surface area contributed by atoms with Crippen LogP contribution in [0.1, 0.15) is 42.4 Å². The minimum atomic E-state index is -1.31. The van der Waals surface area contributed by atoms with Gasteiger partial charge >= 0.3 is 0 Å². The number of aromatic hydroxyl groups is 2. The fraction of sp³-hybridized carbons (Fsp3) is 0.310. The third-order valence-electron chi connectivity index (χ3n) is 12.4. The topological polar surface area (TPSA) is 133 Å². The van der Waals surface area contributed by atoms with Crippen LogP contribution in [0.5, 0.6) is 11.5 Å². The number of anilines is 1.